The van der Waals surface area contributed by atoms with E-state index in [0.717, 1.165) is 51.4 Å². The zero-order chi connectivity index (χ0) is 48.2. The van der Waals surface area contributed by atoms with E-state index in [4.69, 9.17) is 99.1 Å². The normalized spacial score (nSPS) is 12.9. The predicted molar refractivity (Wildman–Crippen MR) is 229 cm³/mol. The minimum atomic E-state index is -1.00. The van der Waals surface area contributed by atoms with Crippen molar-refractivity contribution in [2.24, 2.45) is 69.0 Å². The van der Waals surface area contributed by atoms with Gasteiger partial charge < -0.3 is 99.0 Å². The lowest BCUT2D eigenvalue weighted by Gasteiger charge is -2.07. The molecule has 0 rings (SSSR count). The van der Waals surface area contributed by atoms with Crippen LogP contribution in [-0.4, -0.2) is 141 Å². The van der Waals surface area contributed by atoms with Gasteiger partial charge in [-0.1, -0.05) is 39.5 Å². The zero-order valence-corrected chi connectivity index (χ0v) is 35.5. The highest BCUT2D eigenvalue weighted by Crippen LogP contribution is 2.00. The summed E-state index contributed by atoms with van der Waals surface area (Å²) >= 11 is 0. The molecule has 25 nitrogen and oxygen atoms in total. The minimum Gasteiger partial charge on any atom is -0.480 e. The number of carboxylic acid groups (broad SMARTS) is 6. The van der Waals surface area contributed by atoms with Crippen LogP contribution in [0.1, 0.15) is 104 Å². The second kappa shape index (κ2) is 47.4. The first-order valence-corrected chi connectivity index (χ1v) is 19.6. The van der Waals surface area contributed by atoms with Gasteiger partial charge in [0.05, 0.1) is 0 Å². The fraction of sp³-hybridized carbons (Fsp3) is 0.800. The molecule has 0 spiro atoms. The first kappa shape index (κ1) is 67.5. The van der Waals surface area contributed by atoms with Gasteiger partial charge in [0.2, 0.25) is 0 Å². The molecule has 0 aliphatic heterocycles. The number of carbonyl (C=O) groups is 6. The van der Waals surface area contributed by atoms with Gasteiger partial charge in [-0.3, -0.25) is 34.2 Å². The van der Waals surface area contributed by atoms with E-state index in [0.29, 0.717) is 71.2 Å². The van der Waals surface area contributed by atoms with Crippen LogP contribution in [0.5, 0.6) is 0 Å². The van der Waals surface area contributed by atoms with E-state index < -0.39 is 72.1 Å². The van der Waals surface area contributed by atoms with Crippen molar-refractivity contribution in [2.45, 2.75) is 140 Å². The highest BCUT2D eigenvalue weighted by Gasteiger charge is 2.15. The number of guanidine groups is 1. The van der Waals surface area contributed by atoms with E-state index >= 15 is 0 Å². The number of hydrogen-bond donors (Lipinski definition) is 19. The van der Waals surface area contributed by atoms with Gasteiger partial charge in [-0.05, 0) is 96.3 Å². The summed E-state index contributed by atoms with van der Waals surface area (Å²) in [4.78, 5) is 60.8. The fourth-order valence-corrected chi connectivity index (χ4v) is 3.48. The average Bonchev–Trinajstić information content (AvgIpc) is 3.17. The first-order valence-electron chi connectivity index (χ1n) is 19.6. The van der Waals surface area contributed by atoms with Crippen LogP contribution in [0.15, 0.2) is 0 Å². The molecule has 0 aromatic rings. The Morgan fingerprint density at radius 2 is 0.650 bits per heavy atom. The van der Waals surface area contributed by atoms with Crippen LogP contribution in [0, 0.1) is 11.3 Å². The van der Waals surface area contributed by atoms with Crippen molar-refractivity contribution in [1.29, 1.82) is 5.41 Å². The molecule has 0 saturated carbocycles. The third-order valence-electron chi connectivity index (χ3n) is 7.47. The highest BCUT2D eigenvalue weighted by atomic mass is 16.4. The molecule has 0 bridgehead atoms. The second-order valence-corrected chi connectivity index (χ2v) is 13.5. The monoisotopic (exact) mass is 876 g/mol. The van der Waals surface area contributed by atoms with Gasteiger partial charge in [-0.25, -0.2) is 0 Å². The first-order chi connectivity index (χ1) is 27.8. The Labute approximate surface area is 353 Å². The van der Waals surface area contributed by atoms with Crippen molar-refractivity contribution in [3.8, 4) is 0 Å². The fourth-order valence-electron chi connectivity index (χ4n) is 3.48. The van der Waals surface area contributed by atoms with Crippen molar-refractivity contribution < 1.29 is 59.4 Å². The summed E-state index contributed by atoms with van der Waals surface area (Å²) in [5, 5.41) is 59.2. The Morgan fingerprint density at radius 1 is 0.433 bits per heavy atom. The zero-order valence-electron chi connectivity index (χ0n) is 35.5. The molecule has 0 amide bonds. The molecule has 0 unspecified atom stereocenters. The van der Waals surface area contributed by atoms with Crippen molar-refractivity contribution in [3.05, 3.63) is 0 Å². The number of nitrogens with two attached hydrogens (primary N) is 11. The molecule has 0 fully saturated rings. The molecule has 6 atom stereocenters. The number of rotatable bonds is 27. The van der Waals surface area contributed by atoms with E-state index in [1.165, 1.54) is 0 Å². The summed E-state index contributed by atoms with van der Waals surface area (Å²) in [6, 6.07) is -4.40. The summed E-state index contributed by atoms with van der Waals surface area (Å²) in [6.07, 6.45) is 9.63. The molecule has 0 saturated heterocycles. The summed E-state index contributed by atoms with van der Waals surface area (Å²) < 4.78 is 0. The molecule has 30 N–H and O–H groups in total. The van der Waals surface area contributed by atoms with E-state index in [1.54, 1.807) is 13.8 Å². The maximum atomic E-state index is 10.2. The van der Waals surface area contributed by atoms with Gasteiger partial charge in [-0.2, -0.15) is 0 Å². The molecule has 60 heavy (non-hydrogen) atoms. The van der Waals surface area contributed by atoms with E-state index in [1.807, 2.05) is 0 Å². The van der Waals surface area contributed by atoms with Gasteiger partial charge in [0.1, 0.15) is 36.3 Å². The maximum absolute atomic E-state index is 10.2. The van der Waals surface area contributed by atoms with Crippen molar-refractivity contribution >= 4 is 41.8 Å². The molecular formula is C35H81N13O12. The number of unbranched alkanes of at least 4 members (excludes halogenated alkanes) is 4. The Hall–Kier alpha value is -4.31. The standard InChI is InChI=1S/C6H14N4O2.4C6H14N2O2.C5H11NO2/c7-4(5(11)12)2-1-3-10-6(8)9;4*7-4-2-1-3-5(8)6(9)10;1-3(2)4(6)5(7)8/h4H,1-3,7H2,(H,11,12)(H4,8,9,10);4*5H,1-4,7-8H2,(H,9,10);3-4H,6H2,1-2H3,(H,7,8)/t4-;4*5-;4-/m000000/s1. The van der Waals surface area contributed by atoms with Gasteiger partial charge in [0, 0.05) is 6.54 Å². The summed E-state index contributed by atoms with van der Waals surface area (Å²) in [5.41, 5.74) is 57.1. The lowest BCUT2D eigenvalue weighted by Crippen LogP contribution is -2.34. The Kier molecular flexibility index (Phi) is 53.3. The van der Waals surface area contributed by atoms with Gasteiger partial charge >= 0.3 is 35.8 Å². The molecule has 0 heterocycles. The van der Waals surface area contributed by atoms with E-state index in [2.05, 4.69) is 5.32 Å². The van der Waals surface area contributed by atoms with Crippen molar-refractivity contribution in [1.82, 2.24) is 5.32 Å². The molecule has 358 valence electrons. The lowest BCUT2D eigenvalue weighted by molar-refractivity contribution is -0.140. The van der Waals surface area contributed by atoms with Gasteiger partial charge in [-0.15, -0.1) is 0 Å². The minimum absolute atomic E-state index is 0.0208. The molecule has 0 aromatic carbocycles. The topological polar surface area (TPSA) is 546 Å². The SMILES string of the molecule is CC(C)[C@H](N)C(=O)O.N=C(N)NCCC[C@H](N)C(=O)O.NCCCC[C@H](N)C(=O)O.NCCCC[C@H](N)C(=O)O.NCCCC[C@H](N)C(=O)O.NCCCC[C@H](N)C(=O)O. The molecule has 0 aromatic heterocycles. The Balaban J connectivity index is -0.000000146. The van der Waals surface area contributed by atoms with Crippen molar-refractivity contribution in [2.75, 3.05) is 32.7 Å². The van der Waals surface area contributed by atoms with Crippen LogP contribution in [0.25, 0.3) is 0 Å². The van der Waals surface area contributed by atoms with Crippen molar-refractivity contribution in [3.63, 3.8) is 0 Å². The average molecular weight is 876 g/mol. The maximum Gasteiger partial charge on any atom is 0.320 e. The van der Waals surface area contributed by atoms with E-state index in [9.17, 15) is 28.8 Å². The molecule has 25 heteroatoms. The molecule has 0 aliphatic rings. The third kappa shape index (κ3) is 58.0. The third-order valence-corrected chi connectivity index (χ3v) is 7.47. The quantitative estimate of drug-likeness (QED) is 0.0220. The van der Waals surface area contributed by atoms with Gasteiger partial charge in [0.15, 0.2) is 5.96 Å². The Morgan fingerprint density at radius 3 is 0.783 bits per heavy atom. The van der Waals surface area contributed by atoms with E-state index in [-0.39, 0.29) is 11.9 Å². The van der Waals surface area contributed by atoms with Crippen LogP contribution >= 0.6 is 0 Å². The van der Waals surface area contributed by atoms with Crippen LogP contribution in [0.4, 0.5) is 0 Å². The number of hydrogen-bond acceptors (Lipinski definition) is 17. The molecule has 0 radical (unpaired) electrons. The summed E-state index contributed by atoms with van der Waals surface area (Å²) in [5.74, 6) is -5.76. The van der Waals surface area contributed by atoms with Crippen LogP contribution in [0.3, 0.4) is 0 Å². The lowest BCUT2D eigenvalue weighted by atomic mass is 10.1. The largest absolute Gasteiger partial charge is 0.480 e. The van der Waals surface area contributed by atoms with Gasteiger partial charge in [0.25, 0.3) is 0 Å². The second-order valence-electron chi connectivity index (χ2n) is 13.5. The summed E-state index contributed by atoms with van der Waals surface area (Å²) in [6.45, 7) is 6.45. The number of aliphatic carboxylic acids is 6. The Bertz CT molecular complexity index is 1010. The molecule has 0 aliphatic carbocycles. The predicted octanol–water partition coefficient (Wildman–Crippen LogP) is -3.17. The van der Waals surface area contributed by atoms with Crippen LogP contribution in [-0.2, 0) is 28.8 Å². The van der Waals surface area contributed by atoms with Crippen LogP contribution in [0.2, 0.25) is 0 Å². The number of nitrogens with one attached hydrogen (secondary N) is 2. The molecular weight excluding hydrogens is 794 g/mol. The number of carboxylic acids is 6. The smallest absolute Gasteiger partial charge is 0.320 e. The van der Waals surface area contributed by atoms with Crippen LogP contribution < -0.4 is 68.4 Å². The summed E-state index contributed by atoms with van der Waals surface area (Å²) in [7, 11) is 0. The highest BCUT2D eigenvalue weighted by molar-refractivity contribution is 5.75.